The van der Waals surface area contributed by atoms with Gasteiger partial charge in [0.05, 0.1) is 6.04 Å². The predicted molar refractivity (Wildman–Crippen MR) is 82.3 cm³/mol. The minimum Gasteiger partial charge on any atom is -0.364 e. The molecule has 0 bridgehead atoms. The lowest BCUT2D eigenvalue weighted by atomic mass is 10.00. The Balaban J connectivity index is 1.62. The highest BCUT2D eigenvalue weighted by Crippen LogP contribution is 2.33. The van der Waals surface area contributed by atoms with Crippen LogP contribution in [0, 0.1) is 11.6 Å². The smallest absolute Gasteiger partial charge is 0.200 e. The molecule has 9 heteroatoms. The van der Waals surface area contributed by atoms with Gasteiger partial charge in [-0.25, -0.2) is 8.78 Å². The Labute approximate surface area is 136 Å². The molecule has 24 heavy (non-hydrogen) atoms. The fraction of sp³-hybridized carbons (Fsp3) is 0.333. The van der Waals surface area contributed by atoms with Gasteiger partial charge in [-0.2, -0.15) is 0 Å². The lowest BCUT2D eigenvalue weighted by Gasteiger charge is -2.26. The number of rotatable bonds is 3. The van der Waals surface area contributed by atoms with E-state index in [4.69, 9.17) is 0 Å². The summed E-state index contributed by atoms with van der Waals surface area (Å²) in [4.78, 5) is 2.11. The zero-order chi connectivity index (χ0) is 16.7. The normalized spacial score (nSPS) is 21.5. The molecule has 3 heterocycles. The first-order valence-corrected chi connectivity index (χ1v) is 7.59. The van der Waals surface area contributed by atoms with Gasteiger partial charge in [0, 0.05) is 12.6 Å². The summed E-state index contributed by atoms with van der Waals surface area (Å²) in [5, 5.41) is 18.8. The van der Waals surface area contributed by atoms with Crippen LogP contribution in [0.3, 0.4) is 0 Å². The molecule has 1 saturated heterocycles. The molecule has 124 valence electrons. The molecule has 1 aliphatic heterocycles. The van der Waals surface area contributed by atoms with E-state index in [0.29, 0.717) is 11.5 Å². The molecular weight excluding hydrogens is 316 g/mol. The summed E-state index contributed by atoms with van der Waals surface area (Å²) in [6, 6.07) is 7.55. The Morgan fingerprint density at radius 1 is 1.17 bits per heavy atom. The maximum atomic E-state index is 13.6. The van der Waals surface area contributed by atoms with E-state index >= 15 is 0 Å². The van der Waals surface area contributed by atoms with Crippen molar-refractivity contribution in [3.63, 3.8) is 0 Å². The highest BCUT2D eigenvalue weighted by Gasteiger charge is 2.33. The monoisotopic (exact) mass is 331 g/mol. The summed E-state index contributed by atoms with van der Waals surface area (Å²) in [7, 11) is 1.96. The second-order valence-electron chi connectivity index (χ2n) is 5.88. The molecule has 1 fully saturated rings. The van der Waals surface area contributed by atoms with E-state index in [0.717, 1.165) is 18.5 Å². The molecule has 0 amide bonds. The van der Waals surface area contributed by atoms with E-state index in [1.54, 1.807) is 18.2 Å². The lowest BCUT2D eigenvalue weighted by Crippen LogP contribution is -2.29. The van der Waals surface area contributed by atoms with Crippen molar-refractivity contribution in [2.75, 3.05) is 18.9 Å². The van der Waals surface area contributed by atoms with E-state index in [-0.39, 0.29) is 12.1 Å². The highest BCUT2D eigenvalue weighted by atomic mass is 19.2. The fourth-order valence-corrected chi connectivity index (χ4v) is 3.20. The van der Waals surface area contributed by atoms with Crippen molar-refractivity contribution in [2.45, 2.75) is 18.5 Å². The molecule has 0 radical (unpaired) electrons. The number of aromatic nitrogens is 5. The van der Waals surface area contributed by atoms with Gasteiger partial charge in [-0.05, 0) is 53.7 Å². The number of hydrogen-bond acceptors (Lipinski definition) is 6. The maximum absolute atomic E-state index is 13.6. The van der Waals surface area contributed by atoms with E-state index in [2.05, 4.69) is 30.8 Å². The van der Waals surface area contributed by atoms with Gasteiger partial charge < -0.3 is 5.32 Å². The van der Waals surface area contributed by atoms with Crippen LogP contribution in [0.2, 0.25) is 0 Å². The summed E-state index contributed by atoms with van der Waals surface area (Å²) >= 11 is 0. The molecule has 0 unspecified atom stereocenters. The molecule has 0 aliphatic carbocycles. The van der Waals surface area contributed by atoms with Crippen LogP contribution in [-0.2, 0) is 0 Å². The Hall–Kier alpha value is -2.68. The summed E-state index contributed by atoms with van der Waals surface area (Å²) in [5.74, 6) is -1.04. The van der Waals surface area contributed by atoms with Crippen LogP contribution < -0.4 is 5.32 Å². The van der Waals surface area contributed by atoms with Crippen LogP contribution in [0.15, 0.2) is 30.3 Å². The molecule has 3 aromatic rings. The van der Waals surface area contributed by atoms with Crippen molar-refractivity contribution in [3.8, 4) is 0 Å². The summed E-state index contributed by atoms with van der Waals surface area (Å²) in [5.41, 5.74) is 1.29. The van der Waals surface area contributed by atoms with Crippen LogP contribution in [-0.4, -0.2) is 49.8 Å². The highest BCUT2D eigenvalue weighted by molar-refractivity contribution is 5.43. The summed E-state index contributed by atoms with van der Waals surface area (Å²) in [6.45, 7) is 0.842. The zero-order valence-electron chi connectivity index (χ0n) is 12.9. The minimum atomic E-state index is -0.838. The number of tetrazole rings is 1. The fourth-order valence-electron chi connectivity index (χ4n) is 3.20. The Morgan fingerprint density at radius 3 is 2.88 bits per heavy atom. The number of hydrogen-bond donors (Lipinski definition) is 1. The van der Waals surface area contributed by atoms with E-state index in [1.165, 1.54) is 16.8 Å². The number of benzene rings is 1. The van der Waals surface area contributed by atoms with Crippen LogP contribution in [0.4, 0.5) is 14.6 Å². The average molecular weight is 331 g/mol. The number of fused-ring (bicyclic) bond motifs is 1. The van der Waals surface area contributed by atoms with Crippen molar-refractivity contribution >= 4 is 11.5 Å². The number of likely N-dealkylation sites (tertiary alicyclic amines) is 1. The standard InChI is InChI=1S/C15H15F2N7/c1-23-7-6-12(15(23)9-2-3-10(16)11(17)8-9)18-13-4-5-14-19-21-22-24(14)20-13/h2-5,8,12,15H,6-7H2,1H3,(H,18,20)/t12-,15-/m0/s1. The number of nitrogens with one attached hydrogen (secondary N) is 1. The Kier molecular flexibility index (Phi) is 3.57. The van der Waals surface area contributed by atoms with Gasteiger partial charge in [0.1, 0.15) is 5.82 Å². The number of halogens is 2. The first-order chi connectivity index (χ1) is 11.6. The maximum Gasteiger partial charge on any atom is 0.200 e. The number of anilines is 1. The van der Waals surface area contributed by atoms with Crippen molar-refractivity contribution in [3.05, 3.63) is 47.5 Å². The molecule has 2 atom stereocenters. The third-order valence-electron chi connectivity index (χ3n) is 4.34. The Bertz CT molecular complexity index is 881. The zero-order valence-corrected chi connectivity index (χ0v) is 12.9. The van der Waals surface area contributed by atoms with Crippen LogP contribution >= 0.6 is 0 Å². The van der Waals surface area contributed by atoms with Gasteiger partial charge in [-0.1, -0.05) is 6.07 Å². The largest absolute Gasteiger partial charge is 0.364 e. The van der Waals surface area contributed by atoms with Gasteiger partial charge in [-0.3, -0.25) is 4.90 Å². The molecular formula is C15H15F2N7. The summed E-state index contributed by atoms with van der Waals surface area (Å²) in [6.07, 6.45) is 0.857. The summed E-state index contributed by atoms with van der Waals surface area (Å²) < 4.78 is 28.2. The van der Waals surface area contributed by atoms with Crippen molar-refractivity contribution < 1.29 is 8.78 Å². The van der Waals surface area contributed by atoms with Crippen LogP contribution in [0.25, 0.3) is 5.65 Å². The van der Waals surface area contributed by atoms with Crippen LogP contribution in [0.5, 0.6) is 0 Å². The van der Waals surface area contributed by atoms with Crippen molar-refractivity contribution in [1.29, 1.82) is 0 Å². The molecule has 4 rings (SSSR count). The quantitative estimate of drug-likeness (QED) is 0.787. The minimum absolute atomic E-state index is 0.0151. The molecule has 0 saturated carbocycles. The van der Waals surface area contributed by atoms with Crippen molar-refractivity contribution in [1.82, 2.24) is 30.2 Å². The SMILES string of the molecule is CN1CC[C@H](Nc2ccc3nnnn3n2)[C@@H]1c1ccc(F)c(F)c1. The van der Waals surface area contributed by atoms with Gasteiger partial charge in [0.15, 0.2) is 17.3 Å². The number of nitrogens with zero attached hydrogens (tertiary/aromatic N) is 6. The molecule has 1 aliphatic rings. The number of likely N-dealkylation sites (N-methyl/N-ethyl adjacent to an activating group) is 1. The van der Waals surface area contributed by atoms with Gasteiger partial charge in [0.25, 0.3) is 0 Å². The van der Waals surface area contributed by atoms with Crippen LogP contribution in [0.1, 0.15) is 18.0 Å². The molecule has 0 spiro atoms. The van der Waals surface area contributed by atoms with Crippen molar-refractivity contribution in [2.24, 2.45) is 0 Å². The Morgan fingerprint density at radius 2 is 2.04 bits per heavy atom. The van der Waals surface area contributed by atoms with Gasteiger partial charge >= 0.3 is 0 Å². The topological polar surface area (TPSA) is 71.2 Å². The second kappa shape index (κ2) is 5.75. The first kappa shape index (κ1) is 14.9. The van der Waals surface area contributed by atoms with Gasteiger partial charge in [-0.15, -0.1) is 14.8 Å². The van der Waals surface area contributed by atoms with Gasteiger partial charge in [0.2, 0.25) is 0 Å². The van der Waals surface area contributed by atoms with E-state index in [9.17, 15) is 8.78 Å². The third kappa shape index (κ3) is 2.56. The average Bonchev–Trinajstić information content (AvgIpc) is 3.17. The molecule has 1 aromatic carbocycles. The molecule has 1 N–H and O–H groups in total. The predicted octanol–water partition coefficient (Wildman–Crippen LogP) is 1.65. The van der Waals surface area contributed by atoms with E-state index < -0.39 is 11.6 Å². The third-order valence-corrected chi connectivity index (χ3v) is 4.34. The second-order valence-corrected chi connectivity index (χ2v) is 5.88. The van der Waals surface area contributed by atoms with E-state index in [1.807, 2.05) is 7.05 Å². The molecule has 7 nitrogen and oxygen atoms in total. The molecule has 2 aromatic heterocycles. The first-order valence-electron chi connectivity index (χ1n) is 7.59. The lowest BCUT2D eigenvalue weighted by molar-refractivity contribution is 0.307.